The maximum atomic E-state index is 11.4. The van der Waals surface area contributed by atoms with Crippen LogP contribution in [0.5, 0.6) is 0 Å². The highest BCUT2D eigenvalue weighted by molar-refractivity contribution is 7.92. The zero-order valence-corrected chi connectivity index (χ0v) is 10.3. The fourth-order valence-electron chi connectivity index (χ4n) is 0.844. The summed E-state index contributed by atoms with van der Waals surface area (Å²) >= 11 is 0. The normalized spacial score (nSPS) is 16.2. The van der Waals surface area contributed by atoms with Crippen LogP contribution >= 0.6 is 0 Å². The lowest BCUT2D eigenvalue weighted by atomic mass is 10.2. The third-order valence-corrected chi connectivity index (χ3v) is 4.71. The Morgan fingerprint density at radius 2 is 1.93 bits per heavy atom. The predicted molar refractivity (Wildman–Crippen MR) is 57.5 cm³/mol. The van der Waals surface area contributed by atoms with Gasteiger partial charge in [0.25, 0.3) is 0 Å². The van der Waals surface area contributed by atoms with Gasteiger partial charge in [0, 0.05) is 29.2 Å². The average molecular weight is 240 g/mol. The lowest BCUT2D eigenvalue weighted by Crippen LogP contribution is -2.26. The Morgan fingerprint density at radius 1 is 1.43 bits per heavy atom. The van der Waals surface area contributed by atoms with Gasteiger partial charge in [-0.15, -0.1) is 0 Å². The first-order valence-electron chi connectivity index (χ1n) is 4.35. The van der Waals surface area contributed by atoms with Crippen molar-refractivity contribution in [3.63, 3.8) is 0 Å². The number of hydrogen-bond donors (Lipinski definition) is 0. The molecule has 0 rings (SSSR count). The van der Waals surface area contributed by atoms with Gasteiger partial charge in [-0.2, -0.15) is 0 Å². The highest BCUT2D eigenvalue weighted by atomic mass is 32.2. The number of rotatable bonds is 6. The van der Waals surface area contributed by atoms with Crippen LogP contribution in [0.4, 0.5) is 0 Å². The van der Waals surface area contributed by atoms with Gasteiger partial charge in [-0.25, -0.2) is 8.42 Å². The molecule has 0 heterocycles. The van der Waals surface area contributed by atoms with E-state index < -0.39 is 25.9 Å². The lowest BCUT2D eigenvalue weighted by molar-refractivity contribution is -0.118. The third kappa shape index (κ3) is 5.49. The van der Waals surface area contributed by atoms with Crippen LogP contribution in [0.15, 0.2) is 0 Å². The SMILES string of the molecule is CCC(=O)C(C)S(=O)CCS(C)(=O)=O. The molecule has 0 radical (unpaired) electrons. The Bertz CT molecular complexity index is 318. The van der Waals surface area contributed by atoms with Crippen LogP contribution < -0.4 is 0 Å². The van der Waals surface area contributed by atoms with E-state index in [1.54, 1.807) is 13.8 Å². The van der Waals surface area contributed by atoms with E-state index in [2.05, 4.69) is 0 Å². The smallest absolute Gasteiger partial charge is 0.148 e. The molecule has 0 aromatic rings. The monoisotopic (exact) mass is 240 g/mol. The van der Waals surface area contributed by atoms with Crippen molar-refractivity contribution in [1.29, 1.82) is 0 Å². The molecule has 6 heteroatoms. The molecule has 84 valence electrons. The summed E-state index contributed by atoms with van der Waals surface area (Å²) in [6, 6.07) is 0. The highest BCUT2D eigenvalue weighted by Crippen LogP contribution is 2.01. The zero-order chi connectivity index (χ0) is 11.4. The van der Waals surface area contributed by atoms with E-state index in [0.717, 1.165) is 6.26 Å². The first-order chi connectivity index (χ1) is 6.28. The van der Waals surface area contributed by atoms with Crippen LogP contribution in [0.25, 0.3) is 0 Å². The minimum atomic E-state index is -3.09. The number of ketones is 1. The number of sulfone groups is 1. The number of hydrogen-bond acceptors (Lipinski definition) is 4. The summed E-state index contributed by atoms with van der Waals surface area (Å²) in [5.41, 5.74) is 0. The van der Waals surface area contributed by atoms with E-state index in [1.165, 1.54) is 0 Å². The summed E-state index contributed by atoms with van der Waals surface area (Å²) in [7, 11) is -4.46. The number of carbonyl (C=O) groups excluding carboxylic acids is 1. The van der Waals surface area contributed by atoms with E-state index in [1.807, 2.05) is 0 Å². The summed E-state index contributed by atoms with van der Waals surface area (Å²) in [6.07, 6.45) is 1.43. The maximum absolute atomic E-state index is 11.4. The molecule has 0 aromatic heterocycles. The minimum Gasteiger partial charge on any atom is -0.298 e. The van der Waals surface area contributed by atoms with Gasteiger partial charge in [-0.3, -0.25) is 9.00 Å². The second-order valence-corrected chi connectivity index (χ2v) is 7.31. The molecule has 0 fully saturated rings. The van der Waals surface area contributed by atoms with E-state index in [-0.39, 0.29) is 17.3 Å². The molecule has 0 saturated heterocycles. The lowest BCUT2D eigenvalue weighted by Gasteiger charge is -2.08. The fraction of sp³-hybridized carbons (Fsp3) is 0.875. The quantitative estimate of drug-likeness (QED) is 0.662. The Morgan fingerprint density at radius 3 is 2.29 bits per heavy atom. The second kappa shape index (κ2) is 5.60. The van der Waals surface area contributed by atoms with Crippen molar-refractivity contribution in [1.82, 2.24) is 0 Å². The average Bonchev–Trinajstić information content (AvgIpc) is 2.10. The molecule has 2 unspecified atom stereocenters. The van der Waals surface area contributed by atoms with Crippen molar-refractivity contribution < 1.29 is 17.4 Å². The molecule has 0 aliphatic carbocycles. The van der Waals surface area contributed by atoms with Gasteiger partial charge >= 0.3 is 0 Å². The van der Waals surface area contributed by atoms with E-state index >= 15 is 0 Å². The molecule has 0 aromatic carbocycles. The van der Waals surface area contributed by atoms with Gasteiger partial charge in [0.2, 0.25) is 0 Å². The van der Waals surface area contributed by atoms with Crippen molar-refractivity contribution in [2.75, 3.05) is 17.8 Å². The van der Waals surface area contributed by atoms with Crippen molar-refractivity contribution in [3.05, 3.63) is 0 Å². The molecule has 14 heavy (non-hydrogen) atoms. The molecule has 0 aliphatic heterocycles. The number of Topliss-reactive ketones (excluding diaryl/α,β-unsaturated/α-hetero) is 1. The summed E-state index contributed by atoms with van der Waals surface area (Å²) < 4.78 is 33.0. The summed E-state index contributed by atoms with van der Waals surface area (Å²) in [4.78, 5) is 11.1. The van der Waals surface area contributed by atoms with Crippen LogP contribution in [0.3, 0.4) is 0 Å². The van der Waals surface area contributed by atoms with E-state index in [0.29, 0.717) is 6.42 Å². The molecule has 0 spiro atoms. The minimum absolute atomic E-state index is 0.0474. The summed E-state index contributed by atoms with van der Waals surface area (Å²) in [5.74, 6) is -0.163. The summed E-state index contributed by atoms with van der Waals surface area (Å²) in [6.45, 7) is 3.27. The van der Waals surface area contributed by atoms with Gasteiger partial charge in [-0.1, -0.05) is 6.92 Å². The first kappa shape index (κ1) is 13.8. The van der Waals surface area contributed by atoms with Gasteiger partial charge in [-0.05, 0) is 6.92 Å². The van der Waals surface area contributed by atoms with Crippen molar-refractivity contribution in [3.8, 4) is 0 Å². The standard InChI is InChI=1S/C8H16O4S2/c1-4-8(9)7(2)13(10)5-6-14(3,11)12/h7H,4-6H2,1-3H3. The maximum Gasteiger partial charge on any atom is 0.148 e. The molecule has 2 atom stereocenters. The van der Waals surface area contributed by atoms with Crippen molar-refractivity contribution in [2.24, 2.45) is 0 Å². The van der Waals surface area contributed by atoms with Gasteiger partial charge < -0.3 is 0 Å². The summed E-state index contributed by atoms with van der Waals surface area (Å²) in [5, 5.41) is -0.554. The van der Waals surface area contributed by atoms with Crippen LogP contribution in [0.1, 0.15) is 20.3 Å². The van der Waals surface area contributed by atoms with Crippen molar-refractivity contribution >= 4 is 26.4 Å². The fourth-order valence-corrected chi connectivity index (χ4v) is 3.53. The van der Waals surface area contributed by atoms with Crippen molar-refractivity contribution in [2.45, 2.75) is 25.5 Å². The van der Waals surface area contributed by atoms with Crippen LogP contribution in [-0.2, 0) is 25.4 Å². The Hall–Kier alpha value is -0.230. The molecule has 0 saturated carbocycles. The van der Waals surface area contributed by atoms with Crippen LogP contribution in [0, 0.1) is 0 Å². The third-order valence-electron chi connectivity index (χ3n) is 1.85. The molecule has 0 N–H and O–H groups in total. The second-order valence-electron chi connectivity index (χ2n) is 3.18. The molecular weight excluding hydrogens is 224 g/mol. The predicted octanol–water partition coefficient (Wildman–Crippen LogP) is 0.147. The van der Waals surface area contributed by atoms with Crippen LogP contribution in [0.2, 0.25) is 0 Å². The largest absolute Gasteiger partial charge is 0.298 e. The topological polar surface area (TPSA) is 68.3 Å². The van der Waals surface area contributed by atoms with Gasteiger partial charge in [0.15, 0.2) is 0 Å². The Kier molecular flexibility index (Phi) is 5.51. The Labute approximate surface area is 87.5 Å². The molecule has 0 bridgehead atoms. The van der Waals surface area contributed by atoms with Crippen LogP contribution in [-0.4, -0.2) is 41.4 Å². The van der Waals surface area contributed by atoms with E-state index in [9.17, 15) is 17.4 Å². The molecular formula is C8H16O4S2. The number of carbonyl (C=O) groups is 1. The first-order valence-corrected chi connectivity index (χ1v) is 7.79. The highest BCUT2D eigenvalue weighted by Gasteiger charge is 2.19. The molecule has 0 aliphatic rings. The van der Waals surface area contributed by atoms with Gasteiger partial charge in [0.1, 0.15) is 15.6 Å². The van der Waals surface area contributed by atoms with E-state index in [4.69, 9.17) is 0 Å². The molecule has 0 amide bonds. The molecule has 4 nitrogen and oxygen atoms in total. The zero-order valence-electron chi connectivity index (χ0n) is 8.65. The Balaban J connectivity index is 4.17. The van der Waals surface area contributed by atoms with Gasteiger partial charge in [0.05, 0.1) is 11.0 Å².